The van der Waals surface area contributed by atoms with Gasteiger partial charge in [-0.1, -0.05) is 35.1 Å². The SMILES string of the molecule is Cc1ccc(S(=O)(=O)CC(=O)N(CCCN(C)C)c2nc3c(C)c(C)ccc3s2)cc1.Cl. The van der Waals surface area contributed by atoms with Crippen LogP contribution >= 0.6 is 23.7 Å². The molecule has 0 radical (unpaired) electrons. The van der Waals surface area contributed by atoms with Crippen molar-refractivity contribution in [1.29, 1.82) is 0 Å². The van der Waals surface area contributed by atoms with E-state index in [0.29, 0.717) is 11.7 Å². The number of carbonyl (C=O) groups is 1. The number of hydrogen-bond acceptors (Lipinski definition) is 6. The summed E-state index contributed by atoms with van der Waals surface area (Å²) in [6.07, 6.45) is 0.719. The summed E-state index contributed by atoms with van der Waals surface area (Å²) < 4.78 is 26.7. The molecule has 0 bridgehead atoms. The average molecular weight is 496 g/mol. The van der Waals surface area contributed by atoms with Crippen LogP contribution in [0.3, 0.4) is 0 Å². The molecular weight excluding hydrogens is 466 g/mol. The predicted molar refractivity (Wildman–Crippen MR) is 135 cm³/mol. The molecule has 9 heteroatoms. The van der Waals surface area contributed by atoms with Crippen molar-refractivity contribution < 1.29 is 13.2 Å². The topological polar surface area (TPSA) is 70.6 Å². The van der Waals surface area contributed by atoms with Gasteiger partial charge in [0.05, 0.1) is 15.1 Å². The number of fused-ring (bicyclic) bond motifs is 1. The maximum absolute atomic E-state index is 13.2. The summed E-state index contributed by atoms with van der Waals surface area (Å²) in [5.41, 5.74) is 4.05. The lowest BCUT2D eigenvalue weighted by molar-refractivity contribution is -0.116. The Bertz CT molecular complexity index is 1190. The predicted octanol–water partition coefficient (Wildman–Crippen LogP) is 4.40. The molecule has 0 atom stereocenters. The molecule has 1 aromatic heterocycles. The highest BCUT2D eigenvalue weighted by Gasteiger charge is 2.26. The summed E-state index contributed by atoms with van der Waals surface area (Å²) in [6.45, 7) is 7.14. The van der Waals surface area contributed by atoms with Gasteiger partial charge in [0.25, 0.3) is 0 Å². The molecule has 0 aliphatic carbocycles. The second-order valence-electron chi connectivity index (χ2n) is 8.12. The summed E-state index contributed by atoms with van der Waals surface area (Å²) in [5.74, 6) is -1.03. The van der Waals surface area contributed by atoms with E-state index in [1.165, 1.54) is 16.2 Å². The molecule has 3 aromatic rings. The van der Waals surface area contributed by atoms with Crippen LogP contribution in [-0.2, 0) is 14.6 Å². The third-order valence-electron chi connectivity index (χ3n) is 5.29. The molecule has 0 aliphatic rings. The summed E-state index contributed by atoms with van der Waals surface area (Å²) >= 11 is 1.42. The lowest BCUT2D eigenvalue weighted by Crippen LogP contribution is -2.37. The largest absolute Gasteiger partial charge is 0.309 e. The Morgan fingerprint density at radius 2 is 1.66 bits per heavy atom. The number of sulfone groups is 1. The van der Waals surface area contributed by atoms with Crippen LogP contribution in [0.2, 0.25) is 0 Å². The van der Waals surface area contributed by atoms with Gasteiger partial charge in [-0.3, -0.25) is 9.69 Å². The van der Waals surface area contributed by atoms with Gasteiger partial charge in [-0.15, -0.1) is 12.4 Å². The zero-order valence-electron chi connectivity index (χ0n) is 19.1. The highest BCUT2D eigenvalue weighted by molar-refractivity contribution is 7.92. The smallest absolute Gasteiger partial charge is 0.244 e. The van der Waals surface area contributed by atoms with Gasteiger partial charge in [0.15, 0.2) is 15.0 Å². The van der Waals surface area contributed by atoms with Crippen LogP contribution in [0.4, 0.5) is 5.13 Å². The first-order chi connectivity index (χ1) is 14.6. The first kappa shape index (κ1) is 26.3. The van der Waals surface area contributed by atoms with Crippen LogP contribution in [-0.4, -0.2) is 57.1 Å². The summed E-state index contributed by atoms with van der Waals surface area (Å²) in [6, 6.07) is 10.6. The fourth-order valence-electron chi connectivity index (χ4n) is 3.27. The Morgan fingerprint density at radius 1 is 1.00 bits per heavy atom. The van der Waals surface area contributed by atoms with Crippen LogP contribution in [0.15, 0.2) is 41.3 Å². The second-order valence-corrected chi connectivity index (χ2v) is 11.1. The highest BCUT2D eigenvalue weighted by Crippen LogP contribution is 2.32. The standard InChI is InChI=1S/C23H29N3O3S2.ClH/c1-16-7-10-19(11-8-16)31(28,29)15-21(27)26(14-6-13-25(4)5)23-24-22-18(3)17(2)9-12-20(22)30-23;/h7-12H,6,13-15H2,1-5H3;1H. The molecular formula is C23H30ClN3O3S2. The summed E-state index contributed by atoms with van der Waals surface area (Å²) in [4.78, 5) is 21.7. The first-order valence-electron chi connectivity index (χ1n) is 10.2. The lowest BCUT2D eigenvalue weighted by Gasteiger charge is -2.21. The number of aryl methyl sites for hydroxylation is 3. The molecule has 2 aromatic carbocycles. The molecule has 174 valence electrons. The van der Waals surface area contributed by atoms with Crippen molar-refractivity contribution >= 4 is 54.8 Å². The Balaban J connectivity index is 0.00000363. The summed E-state index contributed by atoms with van der Waals surface area (Å²) in [7, 11) is 0.200. The van der Waals surface area contributed by atoms with Crippen molar-refractivity contribution in [3.8, 4) is 0 Å². The van der Waals surface area contributed by atoms with Gasteiger partial charge in [0, 0.05) is 6.54 Å². The van der Waals surface area contributed by atoms with Crippen LogP contribution in [0.5, 0.6) is 0 Å². The third kappa shape index (κ3) is 6.07. The monoisotopic (exact) mass is 495 g/mol. The van der Waals surface area contributed by atoms with Crippen molar-refractivity contribution in [2.24, 2.45) is 0 Å². The molecule has 0 unspecified atom stereocenters. The number of thiazole rings is 1. The fourth-order valence-corrected chi connectivity index (χ4v) is 5.54. The Morgan fingerprint density at radius 3 is 2.28 bits per heavy atom. The van der Waals surface area contributed by atoms with E-state index in [9.17, 15) is 13.2 Å². The zero-order chi connectivity index (χ0) is 22.8. The van der Waals surface area contributed by atoms with Crippen LogP contribution in [0.25, 0.3) is 10.2 Å². The maximum Gasteiger partial charge on any atom is 0.244 e. The number of rotatable bonds is 8. The Kier molecular flexibility index (Phi) is 8.82. The van der Waals surface area contributed by atoms with Gasteiger partial charge < -0.3 is 4.90 Å². The van der Waals surface area contributed by atoms with E-state index in [0.717, 1.165) is 39.9 Å². The number of carbonyl (C=O) groups excluding carboxylic acids is 1. The highest BCUT2D eigenvalue weighted by atomic mass is 35.5. The van der Waals surface area contributed by atoms with Crippen LogP contribution < -0.4 is 4.90 Å². The van der Waals surface area contributed by atoms with Gasteiger partial charge in [0.1, 0.15) is 5.75 Å². The molecule has 0 saturated carbocycles. The van der Waals surface area contributed by atoms with E-state index in [4.69, 9.17) is 4.98 Å². The molecule has 32 heavy (non-hydrogen) atoms. The van der Waals surface area contributed by atoms with Crippen molar-refractivity contribution in [2.75, 3.05) is 37.8 Å². The first-order valence-corrected chi connectivity index (χ1v) is 12.7. The molecule has 0 aliphatic heterocycles. The zero-order valence-corrected chi connectivity index (χ0v) is 21.5. The average Bonchev–Trinajstić information content (AvgIpc) is 3.12. The minimum atomic E-state index is -3.74. The van der Waals surface area contributed by atoms with Crippen molar-refractivity contribution in [3.63, 3.8) is 0 Å². The van der Waals surface area contributed by atoms with E-state index in [1.807, 2.05) is 51.9 Å². The molecule has 6 nitrogen and oxygen atoms in total. The molecule has 1 amide bonds. The van der Waals surface area contributed by atoms with Crippen LogP contribution in [0.1, 0.15) is 23.1 Å². The normalized spacial score (nSPS) is 11.6. The van der Waals surface area contributed by atoms with E-state index >= 15 is 0 Å². The van der Waals surface area contributed by atoms with E-state index < -0.39 is 21.5 Å². The van der Waals surface area contributed by atoms with Crippen molar-refractivity contribution in [2.45, 2.75) is 32.1 Å². The second kappa shape index (κ2) is 10.7. The Labute approximate surface area is 200 Å². The molecule has 0 saturated heterocycles. The van der Waals surface area contributed by atoms with Gasteiger partial charge >= 0.3 is 0 Å². The molecule has 0 fully saturated rings. The number of benzene rings is 2. The molecule has 0 N–H and O–H groups in total. The Hall–Kier alpha value is -2.00. The minimum Gasteiger partial charge on any atom is -0.309 e. The van der Waals surface area contributed by atoms with E-state index in [2.05, 4.69) is 0 Å². The molecule has 0 spiro atoms. The number of nitrogens with zero attached hydrogens (tertiary/aromatic N) is 3. The van der Waals surface area contributed by atoms with E-state index in [1.54, 1.807) is 24.3 Å². The van der Waals surface area contributed by atoms with Gasteiger partial charge in [-0.25, -0.2) is 13.4 Å². The number of anilines is 1. The van der Waals surface area contributed by atoms with Crippen molar-refractivity contribution in [1.82, 2.24) is 9.88 Å². The van der Waals surface area contributed by atoms with E-state index in [-0.39, 0.29) is 17.3 Å². The fraction of sp³-hybridized carbons (Fsp3) is 0.391. The number of hydrogen-bond donors (Lipinski definition) is 0. The molecule has 3 rings (SSSR count). The van der Waals surface area contributed by atoms with Gasteiger partial charge in [-0.05, 0) is 77.2 Å². The summed E-state index contributed by atoms with van der Waals surface area (Å²) in [5, 5.41) is 0.548. The van der Waals surface area contributed by atoms with Gasteiger partial charge in [0.2, 0.25) is 5.91 Å². The minimum absolute atomic E-state index is 0. The quantitative estimate of drug-likeness (QED) is 0.463. The molecule has 1 heterocycles. The lowest BCUT2D eigenvalue weighted by atomic mass is 10.1. The van der Waals surface area contributed by atoms with Crippen LogP contribution in [0, 0.1) is 20.8 Å². The number of amides is 1. The maximum atomic E-state index is 13.2. The number of halogens is 1. The third-order valence-corrected chi connectivity index (χ3v) is 7.95. The number of aromatic nitrogens is 1. The van der Waals surface area contributed by atoms with Crippen molar-refractivity contribution in [3.05, 3.63) is 53.1 Å². The van der Waals surface area contributed by atoms with Gasteiger partial charge in [-0.2, -0.15) is 0 Å².